The summed E-state index contributed by atoms with van der Waals surface area (Å²) in [5, 5.41) is 2.48. The molecular formula is C26H38NO3+. The van der Waals surface area contributed by atoms with E-state index in [4.69, 9.17) is 9.15 Å². The zero-order chi connectivity index (χ0) is 20.7. The summed E-state index contributed by atoms with van der Waals surface area (Å²) in [7, 11) is 0. The fraction of sp³-hybridized carbons (Fsp3) is 0.731. The SMILES string of the molecule is C[C@@H]1CCC[C@]2(C)C[C@H]3OC(=O)[C@@H](C[NH2+][C@H]4CCCC[C@@H]4Cc4ccco4)[C@H]3C=C12. The number of fused-ring (bicyclic) bond motifs is 2. The normalized spacial score (nSPS) is 41.0. The van der Waals surface area contributed by atoms with E-state index in [1.54, 1.807) is 11.8 Å². The number of quaternary nitrogens is 1. The molecule has 7 atom stereocenters. The second-order valence-corrected chi connectivity index (χ2v) is 10.8. The number of allylic oxidation sites excluding steroid dienone is 1. The van der Waals surface area contributed by atoms with Gasteiger partial charge in [0.25, 0.3) is 0 Å². The van der Waals surface area contributed by atoms with E-state index in [9.17, 15) is 4.79 Å². The molecule has 0 spiro atoms. The molecule has 4 aliphatic rings. The summed E-state index contributed by atoms with van der Waals surface area (Å²) in [6.45, 7) is 5.65. The number of carbonyl (C=O) groups excluding carboxylic acids is 1. The third kappa shape index (κ3) is 3.77. The molecule has 164 valence electrons. The Morgan fingerprint density at radius 2 is 2.07 bits per heavy atom. The maximum atomic E-state index is 12.9. The number of hydrogen-bond donors (Lipinski definition) is 1. The molecule has 3 aliphatic carbocycles. The van der Waals surface area contributed by atoms with Gasteiger partial charge in [0, 0.05) is 18.3 Å². The van der Waals surface area contributed by atoms with Gasteiger partial charge in [-0.15, -0.1) is 0 Å². The summed E-state index contributed by atoms with van der Waals surface area (Å²) in [6, 6.07) is 4.68. The van der Waals surface area contributed by atoms with Crippen LogP contribution in [0, 0.1) is 29.1 Å². The van der Waals surface area contributed by atoms with Crippen LogP contribution in [0.3, 0.4) is 0 Å². The highest BCUT2D eigenvalue weighted by Gasteiger charge is 2.52. The molecule has 0 radical (unpaired) electrons. The number of ether oxygens (including phenoxy) is 1. The van der Waals surface area contributed by atoms with E-state index in [1.165, 1.54) is 44.9 Å². The smallest absolute Gasteiger partial charge is 0.315 e. The van der Waals surface area contributed by atoms with E-state index in [0.29, 0.717) is 17.9 Å². The Bertz CT molecular complexity index is 784. The number of rotatable bonds is 5. The summed E-state index contributed by atoms with van der Waals surface area (Å²) in [4.78, 5) is 12.9. The Morgan fingerprint density at radius 3 is 2.90 bits per heavy atom. The van der Waals surface area contributed by atoms with Gasteiger partial charge in [0.15, 0.2) is 0 Å². The van der Waals surface area contributed by atoms with Crippen molar-refractivity contribution in [1.29, 1.82) is 0 Å². The van der Waals surface area contributed by atoms with Gasteiger partial charge in [-0.3, -0.25) is 4.79 Å². The predicted octanol–water partition coefficient (Wildman–Crippen LogP) is 4.26. The highest BCUT2D eigenvalue weighted by Crippen LogP contribution is 2.53. The van der Waals surface area contributed by atoms with Crippen LogP contribution in [0.25, 0.3) is 0 Å². The minimum absolute atomic E-state index is 0.0207. The molecule has 1 aromatic heterocycles. The molecule has 3 fully saturated rings. The van der Waals surface area contributed by atoms with E-state index in [2.05, 4.69) is 31.3 Å². The van der Waals surface area contributed by atoms with Crippen LogP contribution in [0.1, 0.15) is 71.0 Å². The topological polar surface area (TPSA) is 56.0 Å². The third-order valence-corrected chi connectivity index (χ3v) is 8.79. The maximum Gasteiger partial charge on any atom is 0.315 e. The van der Waals surface area contributed by atoms with Gasteiger partial charge in [-0.05, 0) is 62.0 Å². The molecule has 4 nitrogen and oxygen atoms in total. The fourth-order valence-corrected chi connectivity index (χ4v) is 7.12. The highest BCUT2D eigenvalue weighted by molar-refractivity contribution is 5.76. The number of hydrogen-bond acceptors (Lipinski definition) is 3. The van der Waals surface area contributed by atoms with E-state index in [0.717, 1.165) is 25.1 Å². The summed E-state index contributed by atoms with van der Waals surface area (Å²) >= 11 is 0. The van der Waals surface area contributed by atoms with E-state index >= 15 is 0 Å². The summed E-state index contributed by atoms with van der Waals surface area (Å²) < 4.78 is 11.6. The van der Waals surface area contributed by atoms with Gasteiger partial charge in [0.2, 0.25) is 0 Å². The maximum absolute atomic E-state index is 12.9. The molecule has 2 heterocycles. The van der Waals surface area contributed by atoms with Crippen LogP contribution < -0.4 is 5.32 Å². The van der Waals surface area contributed by atoms with Crippen molar-refractivity contribution in [3.63, 3.8) is 0 Å². The minimum atomic E-state index is 0.0207. The van der Waals surface area contributed by atoms with Crippen molar-refractivity contribution in [3.05, 3.63) is 35.8 Å². The van der Waals surface area contributed by atoms with Crippen LogP contribution in [0.2, 0.25) is 0 Å². The van der Waals surface area contributed by atoms with Crippen LogP contribution in [0.4, 0.5) is 0 Å². The second kappa shape index (κ2) is 8.18. The molecule has 1 aliphatic heterocycles. The molecular weight excluding hydrogens is 374 g/mol. The molecule has 0 amide bonds. The Kier molecular flexibility index (Phi) is 5.55. The molecule has 30 heavy (non-hydrogen) atoms. The average molecular weight is 413 g/mol. The van der Waals surface area contributed by atoms with Gasteiger partial charge < -0.3 is 14.5 Å². The number of nitrogens with two attached hydrogens (primary N) is 1. The van der Waals surface area contributed by atoms with Crippen molar-refractivity contribution in [2.45, 2.75) is 83.8 Å². The van der Waals surface area contributed by atoms with Gasteiger partial charge in [-0.1, -0.05) is 38.3 Å². The number of furan rings is 1. The Balaban J connectivity index is 1.28. The zero-order valence-corrected chi connectivity index (χ0v) is 18.6. The third-order valence-electron chi connectivity index (χ3n) is 8.79. The van der Waals surface area contributed by atoms with E-state index in [-0.39, 0.29) is 29.3 Å². The van der Waals surface area contributed by atoms with Crippen molar-refractivity contribution in [2.24, 2.45) is 29.1 Å². The van der Waals surface area contributed by atoms with Gasteiger partial charge in [0.1, 0.15) is 17.8 Å². The second-order valence-electron chi connectivity index (χ2n) is 10.8. The molecule has 0 aromatic carbocycles. The van der Waals surface area contributed by atoms with Gasteiger partial charge in [-0.25, -0.2) is 0 Å². The lowest BCUT2D eigenvalue weighted by Crippen LogP contribution is -2.93. The largest absolute Gasteiger partial charge is 0.469 e. The van der Waals surface area contributed by atoms with Gasteiger partial charge in [-0.2, -0.15) is 0 Å². The molecule has 1 saturated heterocycles. The molecule has 0 bridgehead atoms. The molecule has 1 aromatic rings. The highest BCUT2D eigenvalue weighted by atomic mass is 16.6. The van der Waals surface area contributed by atoms with Crippen LogP contribution in [-0.4, -0.2) is 24.7 Å². The zero-order valence-electron chi connectivity index (χ0n) is 18.6. The Labute approximate surface area is 180 Å². The van der Waals surface area contributed by atoms with Crippen LogP contribution >= 0.6 is 0 Å². The van der Waals surface area contributed by atoms with Gasteiger partial charge in [0.05, 0.1) is 18.8 Å². The van der Waals surface area contributed by atoms with Crippen LogP contribution in [0.15, 0.2) is 34.5 Å². The number of esters is 1. The van der Waals surface area contributed by atoms with Crippen molar-refractivity contribution in [1.82, 2.24) is 0 Å². The molecule has 2 saturated carbocycles. The summed E-state index contributed by atoms with van der Waals surface area (Å²) in [6.07, 6.45) is 15.4. The van der Waals surface area contributed by atoms with Crippen LogP contribution in [-0.2, 0) is 16.0 Å². The van der Waals surface area contributed by atoms with Crippen molar-refractivity contribution in [2.75, 3.05) is 6.54 Å². The molecule has 5 rings (SSSR count). The first-order chi connectivity index (χ1) is 14.5. The van der Waals surface area contributed by atoms with Gasteiger partial charge >= 0.3 is 5.97 Å². The standard InChI is InChI=1S/C26H37NO3/c1-17-7-5-11-26(2)15-24-20(14-22(17)26)21(25(28)30-24)16-27-23-10-4-3-8-18(23)13-19-9-6-12-29-19/h6,9,12,14,17-18,20-21,23-24,27H,3-5,7-8,10-11,13,15-16H2,1-2H3/p+1/t17-,18-,20-,21+,23+,24-,26-/m1/s1. The Morgan fingerprint density at radius 1 is 1.20 bits per heavy atom. The van der Waals surface area contributed by atoms with Crippen molar-refractivity contribution in [3.8, 4) is 0 Å². The first-order valence-electron chi connectivity index (χ1n) is 12.3. The summed E-state index contributed by atoms with van der Waals surface area (Å²) in [5.74, 6) is 2.75. The van der Waals surface area contributed by atoms with E-state index in [1.807, 2.05) is 6.07 Å². The van der Waals surface area contributed by atoms with Crippen molar-refractivity contribution >= 4 is 5.97 Å². The average Bonchev–Trinajstić information content (AvgIpc) is 3.33. The number of carbonyl (C=O) groups is 1. The molecule has 4 heteroatoms. The fourth-order valence-electron chi connectivity index (χ4n) is 7.12. The predicted molar refractivity (Wildman–Crippen MR) is 116 cm³/mol. The lowest BCUT2D eigenvalue weighted by molar-refractivity contribution is -0.702. The molecule has 2 N–H and O–H groups in total. The lowest BCUT2D eigenvalue weighted by atomic mass is 9.59. The minimum Gasteiger partial charge on any atom is -0.469 e. The quantitative estimate of drug-likeness (QED) is 0.581. The first kappa shape index (κ1) is 20.4. The lowest BCUT2D eigenvalue weighted by Gasteiger charge is -2.45. The Hall–Kier alpha value is -1.55. The molecule has 0 unspecified atom stereocenters. The van der Waals surface area contributed by atoms with E-state index < -0.39 is 0 Å². The van der Waals surface area contributed by atoms with Crippen molar-refractivity contribution < 1.29 is 19.3 Å². The summed E-state index contributed by atoms with van der Waals surface area (Å²) in [5.41, 5.74) is 1.86. The monoisotopic (exact) mass is 412 g/mol. The first-order valence-corrected chi connectivity index (χ1v) is 12.3. The van der Waals surface area contributed by atoms with Crippen LogP contribution in [0.5, 0.6) is 0 Å².